The number of unbranched alkanes of at least 4 members (excludes halogenated alkanes) is 1. The van der Waals surface area contributed by atoms with Gasteiger partial charge >= 0.3 is 5.97 Å². The van der Waals surface area contributed by atoms with Crippen molar-refractivity contribution in [2.24, 2.45) is 0 Å². The van der Waals surface area contributed by atoms with Crippen molar-refractivity contribution in [1.29, 1.82) is 0 Å². The lowest BCUT2D eigenvalue weighted by Crippen LogP contribution is -2.36. The number of amides is 1. The Kier molecular flexibility index (Phi) is 7.29. The molecular weight excluding hydrogens is 270 g/mol. The molecule has 0 saturated carbocycles. The minimum Gasteiger partial charge on any atom is -0.491 e. The molecule has 116 valence electrons. The van der Waals surface area contributed by atoms with Gasteiger partial charge in [-0.05, 0) is 38.8 Å². The summed E-state index contributed by atoms with van der Waals surface area (Å²) in [4.78, 5) is 22.0. The number of carbonyl (C=O) groups is 2. The first-order valence-electron chi connectivity index (χ1n) is 7.18. The number of carboxylic acid groups (broad SMARTS) is 1. The van der Waals surface area contributed by atoms with E-state index in [0.717, 1.165) is 5.75 Å². The van der Waals surface area contributed by atoms with Crippen LogP contribution in [0.1, 0.15) is 38.2 Å². The van der Waals surface area contributed by atoms with Gasteiger partial charge < -0.3 is 15.2 Å². The highest BCUT2D eigenvalue weighted by Crippen LogP contribution is 2.11. The minimum atomic E-state index is -0.824. The molecule has 1 amide bonds. The van der Waals surface area contributed by atoms with Crippen LogP contribution in [0, 0.1) is 6.92 Å². The Balaban J connectivity index is 2.17. The summed E-state index contributed by atoms with van der Waals surface area (Å²) in [6, 6.07) is 7.66. The van der Waals surface area contributed by atoms with Gasteiger partial charge in [-0.25, -0.2) is 0 Å². The van der Waals surface area contributed by atoms with Crippen LogP contribution in [0.15, 0.2) is 24.3 Å². The smallest absolute Gasteiger partial charge is 0.303 e. The molecule has 0 aliphatic carbocycles. The maximum atomic E-state index is 11.6. The van der Waals surface area contributed by atoms with Crippen molar-refractivity contribution >= 4 is 11.9 Å². The second-order valence-corrected chi connectivity index (χ2v) is 5.19. The van der Waals surface area contributed by atoms with E-state index in [2.05, 4.69) is 5.32 Å². The van der Waals surface area contributed by atoms with Crippen LogP contribution in [0.5, 0.6) is 5.75 Å². The van der Waals surface area contributed by atoms with Crippen LogP contribution in [0.4, 0.5) is 0 Å². The number of aliphatic carboxylic acids is 1. The maximum absolute atomic E-state index is 11.6. The molecule has 0 fully saturated rings. The van der Waals surface area contributed by atoms with Crippen LogP contribution in [0.3, 0.4) is 0 Å². The number of hydrogen-bond acceptors (Lipinski definition) is 3. The second-order valence-electron chi connectivity index (χ2n) is 5.19. The molecule has 5 heteroatoms. The van der Waals surface area contributed by atoms with Crippen LogP contribution < -0.4 is 10.1 Å². The number of hydrogen-bond donors (Lipinski definition) is 2. The van der Waals surface area contributed by atoms with Crippen LogP contribution in [-0.4, -0.2) is 29.6 Å². The van der Waals surface area contributed by atoms with Crippen LogP contribution in [0.2, 0.25) is 0 Å². The predicted molar refractivity (Wildman–Crippen MR) is 80.4 cm³/mol. The fraction of sp³-hybridized carbons (Fsp3) is 0.500. The normalized spacial score (nSPS) is 11.7. The summed E-state index contributed by atoms with van der Waals surface area (Å²) in [5, 5.41) is 11.3. The minimum absolute atomic E-state index is 0.0691. The van der Waals surface area contributed by atoms with Crippen LogP contribution in [-0.2, 0) is 9.59 Å². The molecule has 1 aromatic carbocycles. The average Bonchev–Trinajstić information content (AvgIpc) is 2.43. The fourth-order valence-electron chi connectivity index (χ4n) is 1.81. The number of carbonyl (C=O) groups excluding carboxylic acids is 1. The highest BCUT2D eigenvalue weighted by Gasteiger charge is 2.08. The van der Waals surface area contributed by atoms with Crippen LogP contribution in [0.25, 0.3) is 0 Å². The highest BCUT2D eigenvalue weighted by atomic mass is 16.5. The molecule has 1 unspecified atom stereocenters. The van der Waals surface area contributed by atoms with Crippen molar-refractivity contribution in [1.82, 2.24) is 5.32 Å². The monoisotopic (exact) mass is 293 g/mol. The Morgan fingerprint density at radius 2 is 1.81 bits per heavy atom. The van der Waals surface area contributed by atoms with Gasteiger partial charge in [-0.2, -0.15) is 0 Å². The third-order valence-electron chi connectivity index (χ3n) is 2.97. The van der Waals surface area contributed by atoms with E-state index in [4.69, 9.17) is 9.84 Å². The van der Waals surface area contributed by atoms with E-state index < -0.39 is 5.97 Å². The van der Waals surface area contributed by atoms with Crippen molar-refractivity contribution in [3.05, 3.63) is 29.8 Å². The summed E-state index contributed by atoms with van der Waals surface area (Å²) in [6.07, 6.45) is 1.57. The zero-order valence-electron chi connectivity index (χ0n) is 12.6. The Morgan fingerprint density at radius 1 is 1.19 bits per heavy atom. The quantitative estimate of drug-likeness (QED) is 0.686. The number of rotatable bonds is 9. The molecule has 1 atom stereocenters. The van der Waals surface area contributed by atoms with E-state index in [0.29, 0.717) is 25.9 Å². The summed E-state index contributed by atoms with van der Waals surface area (Å²) in [5.41, 5.74) is 1.17. The van der Waals surface area contributed by atoms with E-state index >= 15 is 0 Å². The maximum Gasteiger partial charge on any atom is 0.303 e. The van der Waals surface area contributed by atoms with Gasteiger partial charge in [0.1, 0.15) is 12.4 Å². The lowest BCUT2D eigenvalue weighted by molar-refractivity contribution is -0.137. The highest BCUT2D eigenvalue weighted by molar-refractivity contribution is 5.76. The zero-order chi connectivity index (χ0) is 15.7. The third-order valence-corrected chi connectivity index (χ3v) is 2.97. The van der Waals surface area contributed by atoms with E-state index in [1.54, 1.807) is 0 Å². The molecule has 0 radical (unpaired) electrons. The Morgan fingerprint density at radius 3 is 2.43 bits per heavy atom. The molecule has 0 saturated heterocycles. The SMILES string of the molecule is Cc1ccc(OCC(C)NC(=O)CCCCC(=O)O)cc1. The molecule has 21 heavy (non-hydrogen) atoms. The van der Waals surface area contributed by atoms with Crippen molar-refractivity contribution in [3.8, 4) is 5.75 Å². The molecule has 2 N–H and O–H groups in total. The topological polar surface area (TPSA) is 75.6 Å². The van der Waals surface area contributed by atoms with Gasteiger partial charge in [0.25, 0.3) is 0 Å². The van der Waals surface area contributed by atoms with Gasteiger partial charge in [-0.15, -0.1) is 0 Å². The molecule has 1 rings (SSSR count). The predicted octanol–water partition coefficient (Wildman–Crippen LogP) is 2.52. The van der Waals surface area contributed by atoms with E-state index in [1.165, 1.54) is 5.56 Å². The Bertz CT molecular complexity index is 456. The standard InChI is InChI=1S/C16H23NO4/c1-12-7-9-14(10-8-12)21-11-13(2)17-15(18)5-3-4-6-16(19)20/h7-10,13H,3-6,11H2,1-2H3,(H,17,18)(H,19,20). The second kappa shape index (κ2) is 9.00. The first kappa shape index (κ1) is 17.0. The molecular formula is C16H23NO4. The lowest BCUT2D eigenvalue weighted by Gasteiger charge is -2.15. The summed E-state index contributed by atoms with van der Waals surface area (Å²) >= 11 is 0. The number of aryl methyl sites for hydroxylation is 1. The van der Waals surface area contributed by atoms with Gasteiger partial charge in [0.2, 0.25) is 5.91 Å². The average molecular weight is 293 g/mol. The number of nitrogens with one attached hydrogen (secondary N) is 1. The first-order chi connectivity index (χ1) is 9.97. The summed E-state index contributed by atoms with van der Waals surface area (Å²) in [7, 11) is 0. The molecule has 5 nitrogen and oxygen atoms in total. The molecule has 0 spiro atoms. The Labute approximate surface area is 125 Å². The number of carboxylic acids is 1. The molecule has 0 aromatic heterocycles. The molecule has 0 aliphatic heterocycles. The Hall–Kier alpha value is -2.04. The number of benzene rings is 1. The lowest BCUT2D eigenvalue weighted by atomic mass is 10.2. The first-order valence-corrected chi connectivity index (χ1v) is 7.18. The third kappa shape index (κ3) is 7.97. The molecule has 1 aromatic rings. The van der Waals surface area contributed by atoms with Crippen molar-refractivity contribution in [3.63, 3.8) is 0 Å². The number of ether oxygens (including phenoxy) is 1. The van der Waals surface area contributed by atoms with Crippen molar-refractivity contribution < 1.29 is 19.4 Å². The van der Waals surface area contributed by atoms with Gasteiger partial charge in [0.15, 0.2) is 0 Å². The fourth-order valence-corrected chi connectivity index (χ4v) is 1.81. The summed E-state index contributed by atoms with van der Waals surface area (Å²) in [6.45, 7) is 4.30. The van der Waals surface area contributed by atoms with Gasteiger partial charge in [-0.1, -0.05) is 17.7 Å². The molecule has 0 aliphatic rings. The van der Waals surface area contributed by atoms with E-state index in [1.807, 2.05) is 38.1 Å². The summed E-state index contributed by atoms with van der Waals surface area (Å²) < 4.78 is 5.59. The van der Waals surface area contributed by atoms with E-state index in [9.17, 15) is 9.59 Å². The zero-order valence-corrected chi connectivity index (χ0v) is 12.6. The van der Waals surface area contributed by atoms with Crippen molar-refractivity contribution in [2.45, 2.75) is 45.6 Å². The van der Waals surface area contributed by atoms with E-state index in [-0.39, 0.29) is 18.4 Å². The largest absolute Gasteiger partial charge is 0.491 e. The van der Waals surface area contributed by atoms with Gasteiger partial charge in [0.05, 0.1) is 6.04 Å². The van der Waals surface area contributed by atoms with Crippen LogP contribution >= 0.6 is 0 Å². The molecule has 0 heterocycles. The summed E-state index contributed by atoms with van der Waals surface area (Å²) in [5.74, 6) is -0.112. The van der Waals surface area contributed by atoms with Gasteiger partial charge in [-0.3, -0.25) is 9.59 Å². The van der Waals surface area contributed by atoms with Crippen molar-refractivity contribution in [2.75, 3.05) is 6.61 Å². The molecule has 0 bridgehead atoms. The van der Waals surface area contributed by atoms with Gasteiger partial charge in [0, 0.05) is 12.8 Å².